The molecule has 2 rings (SSSR count). The highest BCUT2D eigenvalue weighted by atomic mass is 35.5. The summed E-state index contributed by atoms with van der Waals surface area (Å²) in [5.74, 6) is -0.208. The molecule has 7 nitrogen and oxygen atoms in total. The van der Waals surface area contributed by atoms with Crippen LogP contribution < -0.4 is 10.1 Å². The highest BCUT2D eigenvalue weighted by molar-refractivity contribution is 6.34. The third kappa shape index (κ3) is 3.26. The molecular weight excluding hydrogens is 298 g/mol. The summed E-state index contributed by atoms with van der Waals surface area (Å²) < 4.78 is 5.06. The molecule has 0 aliphatic rings. The van der Waals surface area contributed by atoms with Gasteiger partial charge in [-0.1, -0.05) is 11.6 Å². The lowest BCUT2D eigenvalue weighted by atomic mass is 10.2. The summed E-state index contributed by atoms with van der Waals surface area (Å²) >= 11 is 5.88. The Morgan fingerprint density at radius 2 is 2.19 bits per heavy atom. The molecule has 0 radical (unpaired) electrons. The summed E-state index contributed by atoms with van der Waals surface area (Å²) in [7, 11) is 1.40. The summed E-state index contributed by atoms with van der Waals surface area (Å²) in [6, 6.07) is 5.35. The maximum absolute atomic E-state index is 12.1. The number of hydrogen-bond donors (Lipinski definition) is 1. The van der Waals surface area contributed by atoms with Crippen molar-refractivity contribution in [1.82, 2.24) is 4.98 Å². The first-order chi connectivity index (χ1) is 10.0. The van der Waals surface area contributed by atoms with Gasteiger partial charge in [-0.25, -0.2) is 0 Å². The Bertz CT molecular complexity index is 706. The Morgan fingerprint density at radius 1 is 1.43 bits per heavy atom. The number of non-ortho nitro benzene ring substituents is 1. The maximum Gasteiger partial charge on any atom is 0.271 e. The molecule has 1 aromatic carbocycles. The molecule has 0 bridgehead atoms. The van der Waals surface area contributed by atoms with Crippen LogP contribution in [0.3, 0.4) is 0 Å². The number of carbonyl (C=O) groups is 1. The molecule has 0 fully saturated rings. The molecule has 0 atom stereocenters. The molecule has 1 amide bonds. The van der Waals surface area contributed by atoms with Crippen LogP contribution in [0.25, 0.3) is 0 Å². The number of nitrogens with one attached hydrogen (secondary N) is 1. The molecular formula is C13H10ClN3O4. The summed E-state index contributed by atoms with van der Waals surface area (Å²) in [6.45, 7) is 0. The summed E-state index contributed by atoms with van der Waals surface area (Å²) in [5.41, 5.74) is 0.233. The largest absolute Gasteiger partial charge is 0.495 e. The molecule has 21 heavy (non-hydrogen) atoms. The van der Waals surface area contributed by atoms with Crippen molar-refractivity contribution < 1.29 is 14.5 Å². The number of nitro groups is 1. The fourth-order valence-corrected chi connectivity index (χ4v) is 1.86. The number of carbonyl (C=O) groups excluding carboxylic acids is 1. The zero-order valence-electron chi connectivity index (χ0n) is 10.9. The van der Waals surface area contributed by atoms with Gasteiger partial charge in [0.15, 0.2) is 0 Å². The average molecular weight is 308 g/mol. The SMILES string of the molecule is COc1ccc([N+](=O)[O-])cc1NC(=O)c1ccncc1Cl. The van der Waals surface area contributed by atoms with E-state index in [1.165, 1.54) is 43.8 Å². The molecule has 0 unspecified atom stereocenters. The van der Waals surface area contributed by atoms with E-state index in [4.69, 9.17) is 16.3 Å². The van der Waals surface area contributed by atoms with Gasteiger partial charge in [-0.05, 0) is 12.1 Å². The molecule has 0 saturated heterocycles. The minimum Gasteiger partial charge on any atom is -0.495 e. The molecule has 2 aromatic rings. The third-order valence-electron chi connectivity index (χ3n) is 2.66. The van der Waals surface area contributed by atoms with Crippen molar-refractivity contribution in [2.45, 2.75) is 0 Å². The summed E-state index contributed by atoms with van der Waals surface area (Å²) in [4.78, 5) is 26.1. The molecule has 0 aliphatic heterocycles. The van der Waals surface area contributed by atoms with Crippen LogP contribution in [0.5, 0.6) is 5.75 Å². The van der Waals surface area contributed by atoms with Crippen LogP contribution in [-0.2, 0) is 0 Å². The first-order valence-corrected chi connectivity index (χ1v) is 6.14. The summed E-state index contributed by atoms with van der Waals surface area (Å²) in [6.07, 6.45) is 2.76. The van der Waals surface area contributed by atoms with Gasteiger partial charge in [-0.15, -0.1) is 0 Å². The predicted molar refractivity (Wildman–Crippen MR) is 76.8 cm³/mol. The number of amides is 1. The second-order valence-corrected chi connectivity index (χ2v) is 4.36. The van der Waals surface area contributed by atoms with Crippen LogP contribution in [0, 0.1) is 10.1 Å². The number of ether oxygens (including phenoxy) is 1. The van der Waals surface area contributed by atoms with Crippen LogP contribution in [0.4, 0.5) is 11.4 Å². The van der Waals surface area contributed by atoms with E-state index in [-0.39, 0.29) is 22.0 Å². The average Bonchev–Trinajstić information content (AvgIpc) is 2.47. The van der Waals surface area contributed by atoms with Gasteiger partial charge in [0.05, 0.1) is 28.3 Å². The smallest absolute Gasteiger partial charge is 0.271 e. The van der Waals surface area contributed by atoms with Crippen molar-refractivity contribution in [2.75, 3.05) is 12.4 Å². The number of nitro benzene ring substituents is 1. The third-order valence-corrected chi connectivity index (χ3v) is 2.96. The molecule has 1 N–H and O–H groups in total. The molecule has 0 saturated carbocycles. The van der Waals surface area contributed by atoms with Crippen LogP contribution in [-0.4, -0.2) is 22.9 Å². The fourth-order valence-electron chi connectivity index (χ4n) is 1.66. The molecule has 0 aliphatic carbocycles. The van der Waals surface area contributed by atoms with Crippen molar-refractivity contribution in [3.05, 3.63) is 57.4 Å². The monoisotopic (exact) mass is 307 g/mol. The van der Waals surface area contributed by atoms with Crippen molar-refractivity contribution in [2.24, 2.45) is 0 Å². The number of anilines is 1. The Hall–Kier alpha value is -2.67. The number of hydrogen-bond acceptors (Lipinski definition) is 5. The van der Waals surface area contributed by atoms with Gasteiger partial charge in [-0.2, -0.15) is 0 Å². The van der Waals surface area contributed by atoms with E-state index in [9.17, 15) is 14.9 Å². The van der Waals surface area contributed by atoms with Gasteiger partial charge in [0.1, 0.15) is 5.75 Å². The standard InChI is InChI=1S/C13H10ClN3O4/c1-21-12-3-2-8(17(19)20)6-11(12)16-13(18)9-4-5-15-7-10(9)14/h2-7H,1H3,(H,16,18). The van der Waals surface area contributed by atoms with Gasteiger partial charge in [0.25, 0.3) is 11.6 Å². The van der Waals surface area contributed by atoms with Crippen molar-refractivity contribution in [3.63, 3.8) is 0 Å². The normalized spacial score (nSPS) is 10.0. The number of pyridine rings is 1. The van der Waals surface area contributed by atoms with E-state index in [2.05, 4.69) is 10.3 Å². The second kappa shape index (κ2) is 6.19. The molecule has 8 heteroatoms. The zero-order chi connectivity index (χ0) is 15.4. The van der Waals surface area contributed by atoms with E-state index in [0.717, 1.165) is 0 Å². The van der Waals surface area contributed by atoms with Gasteiger partial charge in [0.2, 0.25) is 0 Å². The van der Waals surface area contributed by atoms with E-state index in [1.807, 2.05) is 0 Å². The number of halogens is 1. The highest BCUT2D eigenvalue weighted by Crippen LogP contribution is 2.29. The molecule has 0 spiro atoms. The Labute approximate surface area is 124 Å². The van der Waals surface area contributed by atoms with E-state index >= 15 is 0 Å². The minimum atomic E-state index is -0.561. The fraction of sp³-hybridized carbons (Fsp3) is 0.0769. The van der Waals surface area contributed by atoms with Crippen molar-refractivity contribution >= 4 is 28.9 Å². The lowest BCUT2D eigenvalue weighted by Gasteiger charge is -2.10. The zero-order valence-corrected chi connectivity index (χ0v) is 11.6. The van der Waals surface area contributed by atoms with Gasteiger partial charge >= 0.3 is 0 Å². The number of aromatic nitrogens is 1. The molecule has 1 heterocycles. The number of nitrogens with zero attached hydrogens (tertiary/aromatic N) is 2. The quantitative estimate of drug-likeness (QED) is 0.692. The second-order valence-electron chi connectivity index (χ2n) is 3.95. The predicted octanol–water partition coefficient (Wildman–Crippen LogP) is 2.90. The van der Waals surface area contributed by atoms with E-state index in [1.54, 1.807) is 0 Å². The molecule has 108 valence electrons. The van der Waals surface area contributed by atoms with Crippen molar-refractivity contribution in [3.8, 4) is 5.75 Å². The molecule has 1 aromatic heterocycles. The summed E-state index contributed by atoms with van der Waals surface area (Å²) in [5, 5.41) is 13.5. The first-order valence-electron chi connectivity index (χ1n) is 5.76. The highest BCUT2D eigenvalue weighted by Gasteiger charge is 2.16. The number of methoxy groups -OCH3 is 1. The topological polar surface area (TPSA) is 94.4 Å². The van der Waals surface area contributed by atoms with Gasteiger partial charge in [0, 0.05) is 24.5 Å². The van der Waals surface area contributed by atoms with Gasteiger partial charge < -0.3 is 10.1 Å². The van der Waals surface area contributed by atoms with Crippen LogP contribution in [0.1, 0.15) is 10.4 Å². The van der Waals surface area contributed by atoms with E-state index in [0.29, 0.717) is 5.75 Å². The Morgan fingerprint density at radius 3 is 2.81 bits per heavy atom. The number of benzene rings is 1. The van der Waals surface area contributed by atoms with E-state index < -0.39 is 10.8 Å². The lowest BCUT2D eigenvalue weighted by Crippen LogP contribution is -2.13. The maximum atomic E-state index is 12.1. The minimum absolute atomic E-state index is 0.160. The number of rotatable bonds is 4. The van der Waals surface area contributed by atoms with Crippen LogP contribution in [0.15, 0.2) is 36.7 Å². The van der Waals surface area contributed by atoms with Crippen LogP contribution in [0.2, 0.25) is 5.02 Å². The Balaban J connectivity index is 2.34. The lowest BCUT2D eigenvalue weighted by molar-refractivity contribution is -0.384. The first kappa shape index (κ1) is 14.7. The Kier molecular flexibility index (Phi) is 4.34. The van der Waals surface area contributed by atoms with Gasteiger partial charge in [-0.3, -0.25) is 19.9 Å². The van der Waals surface area contributed by atoms with Crippen LogP contribution >= 0.6 is 11.6 Å². The van der Waals surface area contributed by atoms with Crippen molar-refractivity contribution in [1.29, 1.82) is 0 Å².